The number of rotatable bonds is 35. The number of aromatic amines is 1. The van der Waals surface area contributed by atoms with Crippen molar-refractivity contribution in [1.82, 2.24) is 57.8 Å². The van der Waals surface area contributed by atoms with E-state index in [1.807, 2.05) is 0 Å². The van der Waals surface area contributed by atoms with E-state index in [0.717, 1.165) is 32.1 Å². The molecule has 1 fully saturated rings. The molecule has 1 saturated carbocycles. The van der Waals surface area contributed by atoms with Gasteiger partial charge < -0.3 is 86.0 Å². The van der Waals surface area contributed by atoms with Gasteiger partial charge >= 0.3 is 11.9 Å². The third-order valence-electron chi connectivity index (χ3n) is 11.8. The quantitative estimate of drug-likeness (QED) is 0.0131. The Balaban J connectivity index is 2.26. The second kappa shape index (κ2) is 34.4. The number of carboxylic acid groups (broad SMARTS) is 2. The van der Waals surface area contributed by atoms with Crippen LogP contribution in [0, 0.1) is 5.92 Å². The van der Waals surface area contributed by atoms with Crippen LogP contribution in [0.15, 0.2) is 22.5 Å². The van der Waals surface area contributed by atoms with Gasteiger partial charge in [-0.2, -0.15) is 25.3 Å². The van der Waals surface area contributed by atoms with Crippen molar-refractivity contribution in [2.45, 2.75) is 151 Å². The van der Waals surface area contributed by atoms with E-state index < -0.39 is 132 Å². The van der Waals surface area contributed by atoms with Gasteiger partial charge in [0.05, 0.1) is 25.8 Å². The lowest BCUT2D eigenvalue weighted by atomic mass is 9.85. The third-order valence-corrected chi connectivity index (χ3v) is 12.8. The van der Waals surface area contributed by atoms with Crippen LogP contribution in [0.3, 0.4) is 0 Å². The molecule has 0 radical (unpaired) electrons. The molecule has 7 atom stereocenters. The van der Waals surface area contributed by atoms with Gasteiger partial charge in [-0.05, 0) is 57.8 Å². The van der Waals surface area contributed by atoms with E-state index in [2.05, 4.69) is 80.4 Å². The number of nitrogens with zero attached hydrogens (tertiary/aromatic N) is 3. The summed E-state index contributed by atoms with van der Waals surface area (Å²) < 4.78 is -0.492. The summed E-state index contributed by atoms with van der Waals surface area (Å²) in [6.07, 6.45) is 6.08. The summed E-state index contributed by atoms with van der Waals surface area (Å²) in [5, 5.41) is 40.8. The van der Waals surface area contributed by atoms with E-state index in [-0.39, 0.29) is 81.6 Å². The topological polar surface area (TPSA) is 494 Å². The first-order valence-corrected chi connectivity index (χ1v) is 26.3. The van der Waals surface area contributed by atoms with Crippen LogP contribution in [0.1, 0.15) is 104 Å². The minimum atomic E-state index is -1.84. The van der Waals surface area contributed by atoms with E-state index in [9.17, 15) is 63.0 Å². The number of amides is 9. The molecule has 1 heterocycles. The Morgan fingerprint density at radius 1 is 0.641 bits per heavy atom. The van der Waals surface area contributed by atoms with Crippen LogP contribution >= 0.6 is 25.3 Å². The number of nitrogens with one attached hydrogen (secondary N) is 10. The number of carbonyl (C=O) groups is 11. The Hall–Kier alpha value is -7.38. The number of hydrogen-bond donors (Lipinski definition) is 18. The number of aromatic nitrogens is 2. The highest BCUT2D eigenvalue weighted by Crippen LogP contribution is 2.36. The highest BCUT2D eigenvalue weighted by atomic mass is 32.1. The maximum absolute atomic E-state index is 13.9. The van der Waals surface area contributed by atoms with E-state index >= 15 is 0 Å². The highest BCUT2D eigenvalue weighted by molar-refractivity contribution is 7.81. The fourth-order valence-corrected chi connectivity index (χ4v) is 8.54. The molecule has 32 heteroatoms. The van der Waals surface area contributed by atoms with Gasteiger partial charge in [-0.25, -0.2) is 4.98 Å². The number of aliphatic carboxylic acids is 2. The van der Waals surface area contributed by atoms with Crippen LogP contribution in [-0.4, -0.2) is 176 Å². The summed E-state index contributed by atoms with van der Waals surface area (Å²) in [6, 6.07) is -10.1. The lowest BCUT2D eigenvalue weighted by Gasteiger charge is -2.31. The smallest absolute Gasteiger partial charge is 0.325 e. The minimum Gasteiger partial charge on any atom is -0.481 e. The largest absolute Gasteiger partial charge is 0.481 e. The number of carboxylic acids is 2. The van der Waals surface area contributed by atoms with E-state index in [1.165, 1.54) is 19.4 Å². The summed E-state index contributed by atoms with van der Waals surface area (Å²) in [4.78, 5) is 159. The molecule has 1 aromatic rings. The Morgan fingerprint density at radius 3 is 1.64 bits per heavy atom. The number of hydrogen-bond acceptors (Lipinski definition) is 16. The van der Waals surface area contributed by atoms with E-state index in [4.69, 9.17) is 35.6 Å². The zero-order valence-electron chi connectivity index (χ0n) is 43.9. The molecular weight excluding hydrogens is 1060 g/mol. The maximum Gasteiger partial charge on any atom is 0.325 e. The molecule has 0 saturated heterocycles. The second-order valence-corrected chi connectivity index (χ2v) is 20.4. The molecule has 1 aliphatic rings. The fourth-order valence-electron chi connectivity index (χ4n) is 7.82. The van der Waals surface area contributed by atoms with Crippen LogP contribution in [0.4, 0.5) is 0 Å². The molecule has 0 aromatic carbocycles. The van der Waals surface area contributed by atoms with Gasteiger partial charge in [0.25, 0.3) is 0 Å². The predicted octanol–water partition coefficient (Wildman–Crippen LogP) is -4.74. The van der Waals surface area contributed by atoms with Crippen molar-refractivity contribution in [2.75, 3.05) is 31.9 Å². The van der Waals surface area contributed by atoms with Gasteiger partial charge in [-0.3, -0.25) is 62.7 Å². The van der Waals surface area contributed by atoms with E-state index in [1.54, 1.807) is 13.8 Å². The third kappa shape index (κ3) is 26.6. The van der Waals surface area contributed by atoms with Gasteiger partial charge in [0.1, 0.15) is 42.3 Å². The minimum absolute atomic E-state index is 0.0141. The molecule has 9 amide bonds. The fraction of sp³-hybridized carbons (Fsp3) is 0.652. The first kappa shape index (κ1) is 66.7. The molecule has 20 N–H and O–H groups in total. The van der Waals surface area contributed by atoms with Gasteiger partial charge in [-0.15, -0.1) is 0 Å². The number of guanidine groups is 2. The lowest BCUT2D eigenvalue weighted by molar-refractivity contribution is -0.142. The normalized spacial score (nSPS) is 15.4. The summed E-state index contributed by atoms with van der Waals surface area (Å²) in [5.41, 5.74) is 22.2. The number of aliphatic imine (C=N–C) groups is 2. The lowest BCUT2D eigenvalue weighted by Crippen LogP contribution is -2.59. The molecule has 436 valence electrons. The van der Waals surface area contributed by atoms with Crippen LogP contribution in [-0.2, 0) is 59.2 Å². The average molecular weight is 1140 g/mol. The molecule has 30 nitrogen and oxygen atoms in total. The Labute approximate surface area is 461 Å². The number of nitrogens with two attached hydrogens (primary N) is 4. The molecule has 78 heavy (non-hydrogen) atoms. The molecule has 0 aliphatic heterocycles. The van der Waals surface area contributed by atoms with Gasteiger partial charge in [0, 0.05) is 48.3 Å². The summed E-state index contributed by atoms with van der Waals surface area (Å²) in [5.74, 6) is -11.8. The summed E-state index contributed by atoms with van der Waals surface area (Å²) >= 11 is 8.80. The summed E-state index contributed by atoms with van der Waals surface area (Å²) in [6.45, 7) is 3.30. The molecule has 2 rings (SSSR count). The molecule has 0 spiro atoms. The van der Waals surface area contributed by atoms with Crippen LogP contribution < -0.4 is 70.8 Å². The highest BCUT2D eigenvalue weighted by Gasteiger charge is 2.35. The van der Waals surface area contributed by atoms with E-state index in [0.29, 0.717) is 5.69 Å². The monoisotopic (exact) mass is 1140 g/mol. The van der Waals surface area contributed by atoms with Crippen molar-refractivity contribution in [1.29, 1.82) is 0 Å². The van der Waals surface area contributed by atoms with Crippen molar-refractivity contribution < 1.29 is 63.0 Å². The van der Waals surface area contributed by atoms with Gasteiger partial charge in [-0.1, -0.05) is 33.1 Å². The van der Waals surface area contributed by atoms with Crippen LogP contribution in [0.25, 0.3) is 0 Å². The standard InChI is InChI=1S/C46H77N17O13S2/c1-24(2)15-29(39(71)61-28(10-8-14-53-45(49)50)38(70)63-32(22-77)42(74)57-25(3)43(75)76)62-41(73)31(17-36(67)68)59-35(66)21-55-37(69)27(9-7-13-52-44(47)48)60-40(72)30(16-26-19-51-23-56-26)58-34(65)20-54-33(64)18-46(78)11-5-4-6-12-46/h19,23-25,27-32,77-78H,4-18,20-22H2,1-3H3,(H,51,56)(H,54,64)(H,55,69)(H,57,74)(H,58,65)(H,59,66)(H,60,72)(H,61,71)(H,62,73)(H,63,70)(H,67,68)(H,75,76)(H4,47,48,52)(H4,49,50,53)/t25-,27-,28-,29-,30-,31-,32-/m0/s1. The van der Waals surface area contributed by atoms with Crippen molar-refractivity contribution in [3.05, 3.63) is 18.2 Å². The van der Waals surface area contributed by atoms with Gasteiger partial charge in [0.2, 0.25) is 53.2 Å². The zero-order valence-corrected chi connectivity index (χ0v) is 45.7. The van der Waals surface area contributed by atoms with Crippen molar-refractivity contribution in [2.24, 2.45) is 38.8 Å². The van der Waals surface area contributed by atoms with Crippen molar-refractivity contribution in [3.63, 3.8) is 0 Å². The van der Waals surface area contributed by atoms with Crippen LogP contribution in [0.2, 0.25) is 0 Å². The first-order valence-electron chi connectivity index (χ1n) is 25.2. The molecule has 0 bridgehead atoms. The predicted molar refractivity (Wildman–Crippen MR) is 290 cm³/mol. The molecular formula is C46H77N17O13S2. The number of thiol groups is 2. The molecule has 1 aromatic heterocycles. The Kier molecular flexibility index (Phi) is 29.4. The SMILES string of the molecule is CC(C)C[C@H](NC(=O)[C@H](CC(=O)O)NC(=O)CNC(=O)[C@H](CCCN=C(N)N)NC(=O)[C@H](Cc1cnc[nH]1)NC(=O)CNC(=O)CC1(S)CCCCC1)C(=O)N[C@@H](CCCN=C(N)N)C(=O)N[C@@H](CS)C(=O)N[C@@H](C)C(=O)O. The van der Waals surface area contributed by atoms with Crippen molar-refractivity contribution in [3.8, 4) is 0 Å². The molecule has 0 unspecified atom stereocenters. The van der Waals surface area contributed by atoms with Crippen LogP contribution in [0.5, 0.6) is 0 Å². The zero-order chi connectivity index (χ0) is 58.5. The maximum atomic E-state index is 13.9. The number of H-pyrrole nitrogens is 1. The Bertz CT molecular complexity index is 2270. The molecule has 1 aliphatic carbocycles. The second-order valence-electron chi connectivity index (χ2n) is 19.1. The average Bonchev–Trinajstić information content (AvgIpc) is 3.88. The first-order chi connectivity index (χ1) is 36.7. The number of imidazole rings is 1. The number of carbonyl (C=O) groups excluding carboxylic acids is 9. The van der Waals surface area contributed by atoms with Gasteiger partial charge in [0.15, 0.2) is 11.9 Å². The van der Waals surface area contributed by atoms with Crippen molar-refractivity contribution >= 4 is 102 Å². The Morgan fingerprint density at radius 2 is 1.13 bits per heavy atom. The summed E-state index contributed by atoms with van der Waals surface area (Å²) in [7, 11) is 0.